The van der Waals surface area contributed by atoms with Crippen molar-refractivity contribution in [2.45, 2.75) is 44.8 Å². The minimum absolute atomic E-state index is 0.189. The molecule has 1 aromatic carbocycles. The number of nitrogens with zero attached hydrogens (tertiary/aromatic N) is 3. The van der Waals surface area contributed by atoms with Crippen LogP contribution in [0.2, 0.25) is 0 Å². The molecule has 0 amide bonds. The van der Waals surface area contributed by atoms with Gasteiger partial charge in [0.2, 0.25) is 0 Å². The number of halogens is 3. The number of hydrogen-bond acceptors (Lipinski definition) is 3. The van der Waals surface area contributed by atoms with E-state index in [4.69, 9.17) is 0 Å². The number of aromatic nitrogens is 2. The van der Waals surface area contributed by atoms with Gasteiger partial charge in [0.05, 0.1) is 17.0 Å². The van der Waals surface area contributed by atoms with Crippen LogP contribution in [0.25, 0.3) is 11.3 Å². The minimum Gasteiger partial charge on any atom is -0.300 e. The summed E-state index contributed by atoms with van der Waals surface area (Å²) in [6.45, 7) is 6.23. The third-order valence-electron chi connectivity index (χ3n) is 4.76. The molecule has 1 saturated heterocycles. The smallest absolute Gasteiger partial charge is 0.300 e. The molecule has 134 valence electrons. The summed E-state index contributed by atoms with van der Waals surface area (Å²) in [5.41, 5.74) is 1.17. The molecule has 2 aromatic rings. The van der Waals surface area contributed by atoms with Gasteiger partial charge in [0.1, 0.15) is 0 Å². The summed E-state index contributed by atoms with van der Waals surface area (Å²) in [6.07, 6.45) is 0.843. The number of likely N-dealkylation sites (tertiary alicyclic amines) is 1. The van der Waals surface area contributed by atoms with Crippen LogP contribution in [0.5, 0.6) is 0 Å². The molecule has 1 atom stereocenters. The van der Waals surface area contributed by atoms with Crippen LogP contribution in [-0.4, -0.2) is 34.0 Å². The van der Waals surface area contributed by atoms with E-state index >= 15 is 0 Å². The summed E-state index contributed by atoms with van der Waals surface area (Å²) in [4.78, 5) is 11.3. The maximum Gasteiger partial charge on any atom is 0.416 e. The number of alkyl halides is 3. The van der Waals surface area contributed by atoms with Crippen molar-refractivity contribution in [1.82, 2.24) is 14.9 Å². The monoisotopic (exact) mass is 349 g/mol. The third kappa shape index (κ3) is 4.00. The first-order chi connectivity index (χ1) is 11.9. The molecule has 0 bridgehead atoms. The molecule has 3 rings (SSSR count). The van der Waals surface area contributed by atoms with E-state index in [0.717, 1.165) is 43.8 Å². The van der Waals surface area contributed by atoms with Crippen LogP contribution < -0.4 is 0 Å². The molecule has 1 unspecified atom stereocenters. The van der Waals surface area contributed by atoms with Crippen LogP contribution in [0.15, 0.2) is 36.7 Å². The van der Waals surface area contributed by atoms with Crippen molar-refractivity contribution in [3.05, 3.63) is 47.9 Å². The molecular weight excluding hydrogens is 327 g/mol. The zero-order valence-corrected chi connectivity index (χ0v) is 14.4. The number of piperidine rings is 1. The van der Waals surface area contributed by atoms with Gasteiger partial charge in [0, 0.05) is 36.5 Å². The normalized spacial score (nSPS) is 19.4. The highest BCUT2D eigenvalue weighted by Gasteiger charge is 2.31. The van der Waals surface area contributed by atoms with E-state index in [1.54, 1.807) is 18.5 Å². The van der Waals surface area contributed by atoms with E-state index in [1.807, 2.05) is 0 Å². The summed E-state index contributed by atoms with van der Waals surface area (Å²) in [5, 5.41) is 0. The number of rotatable bonds is 3. The minimum atomic E-state index is -4.36. The fourth-order valence-electron chi connectivity index (χ4n) is 3.41. The number of benzene rings is 1. The van der Waals surface area contributed by atoms with Crippen molar-refractivity contribution in [3.63, 3.8) is 0 Å². The van der Waals surface area contributed by atoms with Crippen LogP contribution in [-0.2, 0) is 6.18 Å². The molecule has 1 fully saturated rings. The van der Waals surface area contributed by atoms with E-state index in [9.17, 15) is 13.2 Å². The van der Waals surface area contributed by atoms with Crippen molar-refractivity contribution in [3.8, 4) is 11.3 Å². The molecule has 0 N–H and O–H groups in total. The van der Waals surface area contributed by atoms with Crippen molar-refractivity contribution < 1.29 is 13.2 Å². The number of hydrogen-bond donors (Lipinski definition) is 0. The van der Waals surface area contributed by atoms with Crippen molar-refractivity contribution >= 4 is 0 Å². The standard InChI is InChI=1S/C19H22F3N3/c1-13(2)25-10-4-6-15(12-25)18-17(23-8-9-24-18)14-5-3-7-16(11-14)19(20,21)22/h3,5,7-9,11,13,15H,4,6,10,12H2,1-2H3. The Morgan fingerprint density at radius 2 is 1.92 bits per heavy atom. The fourth-order valence-corrected chi connectivity index (χ4v) is 3.41. The van der Waals surface area contributed by atoms with Crippen molar-refractivity contribution in [2.24, 2.45) is 0 Å². The average Bonchev–Trinajstić information content (AvgIpc) is 2.61. The van der Waals surface area contributed by atoms with Gasteiger partial charge in [-0.3, -0.25) is 9.97 Å². The molecule has 0 saturated carbocycles. The summed E-state index contributed by atoms with van der Waals surface area (Å²) < 4.78 is 39.1. The molecule has 1 aliphatic rings. The molecule has 6 heteroatoms. The Hall–Kier alpha value is -1.95. The molecule has 1 aliphatic heterocycles. The summed E-state index contributed by atoms with van der Waals surface area (Å²) in [6, 6.07) is 5.79. The second-order valence-electron chi connectivity index (χ2n) is 6.80. The summed E-state index contributed by atoms with van der Waals surface area (Å²) in [7, 11) is 0. The van der Waals surface area contributed by atoms with Gasteiger partial charge in [0.15, 0.2) is 0 Å². The van der Waals surface area contributed by atoms with E-state index < -0.39 is 11.7 Å². The topological polar surface area (TPSA) is 29.0 Å². The highest BCUT2D eigenvalue weighted by Crippen LogP contribution is 2.35. The largest absolute Gasteiger partial charge is 0.416 e. The predicted molar refractivity (Wildman–Crippen MR) is 91.2 cm³/mol. The Kier molecular flexibility index (Phi) is 5.08. The van der Waals surface area contributed by atoms with Crippen LogP contribution >= 0.6 is 0 Å². The fraction of sp³-hybridized carbons (Fsp3) is 0.474. The van der Waals surface area contributed by atoms with E-state index in [0.29, 0.717) is 17.3 Å². The molecule has 0 spiro atoms. The van der Waals surface area contributed by atoms with Crippen LogP contribution in [0.4, 0.5) is 13.2 Å². The molecule has 3 nitrogen and oxygen atoms in total. The lowest BCUT2D eigenvalue weighted by Crippen LogP contribution is -2.39. The van der Waals surface area contributed by atoms with Gasteiger partial charge in [-0.2, -0.15) is 13.2 Å². The van der Waals surface area contributed by atoms with Crippen LogP contribution in [0, 0.1) is 0 Å². The first kappa shape index (κ1) is 17.9. The molecular formula is C19H22F3N3. The maximum absolute atomic E-state index is 13.0. The molecule has 0 radical (unpaired) electrons. The van der Waals surface area contributed by atoms with Crippen molar-refractivity contribution in [2.75, 3.05) is 13.1 Å². The summed E-state index contributed by atoms with van der Waals surface area (Å²) >= 11 is 0. The van der Waals surface area contributed by atoms with Gasteiger partial charge in [-0.1, -0.05) is 12.1 Å². The maximum atomic E-state index is 13.0. The van der Waals surface area contributed by atoms with Gasteiger partial charge in [-0.25, -0.2) is 0 Å². The lowest BCUT2D eigenvalue weighted by atomic mass is 9.90. The third-order valence-corrected chi connectivity index (χ3v) is 4.76. The van der Waals surface area contributed by atoms with E-state index in [-0.39, 0.29) is 5.92 Å². The SMILES string of the molecule is CC(C)N1CCCC(c2nccnc2-c2cccc(C(F)(F)F)c2)C1. The zero-order valence-electron chi connectivity index (χ0n) is 14.4. The molecule has 2 heterocycles. The van der Waals surface area contributed by atoms with Gasteiger partial charge in [-0.05, 0) is 45.4 Å². The average molecular weight is 349 g/mol. The lowest BCUT2D eigenvalue weighted by molar-refractivity contribution is -0.137. The Bertz CT molecular complexity index is 728. The Labute approximate surface area is 145 Å². The van der Waals surface area contributed by atoms with Crippen LogP contribution in [0.3, 0.4) is 0 Å². The Balaban J connectivity index is 1.97. The van der Waals surface area contributed by atoms with Crippen molar-refractivity contribution in [1.29, 1.82) is 0 Å². The molecule has 1 aromatic heterocycles. The van der Waals surface area contributed by atoms with Gasteiger partial charge in [-0.15, -0.1) is 0 Å². The predicted octanol–water partition coefficient (Wildman–Crippen LogP) is 4.75. The zero-order chi connectivity index (χ0) is 18.0. The molecule has 25 heavy (non-hydrogen) atoms. The van der Waals surface area contributed by atoms with E-state index in [2.05, 4.69) is 28.7 Å². The Morgan fingerprint density at radius 3 is 2.64 bits per heavy atom. The van der Waals surface area contributed by atoms with Crippen LogP contribution in [0.1, 0.15) is 43.9 Å². The lowest BCUT2D eigenvalue weighted by Gasteiger charge is -2.35. The first-order valence-electron chi connectivity index (χ1n) is 8.59. The van der Waals surface area contributed by atoms with E-state index in [1.165, 1.54) is 6.07 Å². The van der Waals surface area contributed by atoms with Gasteiger partial charge < -0.3 is 4.90 Å². The quantitative estimate of drug-likeness (QED) is 0.801. The van der Waals surface area contributed by atoms with Gasteiger partial charge >= 0.3 is 6.18 Å². The van der Waals surface area contributed by atoms with Gasteiger partial charge in [0.25, 0.3) is 0 Å². The first-order valence-corrected chi connectivity index (χ1v) is 8.59. The second kappa shape index (κ2) is 7.12. The summed E-state index contributed by atoms with van der Waals surface area (Å²) in [5.74, 6) is 0.189. The second-order valence-corrected chi connectivity index (χ2v) is 6.80. The Morgan fingerprint density at radius 1 is 1.16 bits per heavy atom. The molecule has 0 aliphatic carbocycles. The highest BCUT2D eigenvalue weighted by molar-refractivity contribution is 5.63. The highest BCUT2D eigenvalue weighted by atomic mass is 19.4.